The van der Waals surface area contributed by atoms with Crippen LogP contribution in [0.5, 0.6) is 0 Å². The molecule has 0 N–H and O–H groups in total. The Morgan fingerprint density at radius 2 is 1.70 bits per heavy atom. The van der Waals surface area contributed by atoms with Crippen LogP contribution in [-0.2, 0) is 6.42 Å². The van der Waals surface area contributed by atoms with E-state index in [9.17, 15) is 4.79 Å². The molecule has 0 heterocycles. The molecule has 3 rings (SSSR count). The largest absolute Gasteiger partial charge is 0.294 e. The highest BCUT2D eigenvalue weighted by Crippen LogP contribution is 2.37. The number of carbonyl (C=O) groups is 1. The van der Waals surface area contributed by atoms with E-state index in [2.05, 4.69) is 44.2 Å². The minimum absolute atomic E-state index is 0.176. The van der Waals surface area contributed by atoms with Crippen LogP contribution >= 0.6 is 0 Å². The van der Waals surface area contributed by atoms with Gasteiger partial charge < -0.3 is 0 Å². The molecule has 1 aliphatic carbocycles. The zero-order chi connectivity index (χ0) is 14.1. The normalized spacial score (nSPS) is 17.6. The highest BCUT2D eigenvalue weighted by Gasteiger charge is 2.32. The van der Waals surface area contributed by atoms with E-state index < -0.39 is 0 Å². The van der Waals surface area contributed by atoms with E-state index in [1.165, 1.54) is 16.7 Å². The van der Waals surface area contributed by atoms with E-state index in [1.807, 2.05) is 18.2 Å². The summed E-state index contributed by atoms with van der Waals surface area (Å²) in [5.41, 5.74) is 4.62. The Morgan fingerprint density at radius 3 is 2.40 bits per heavy atom. The highest BCUT2D eigenvalue weighted by atomic mass is 16.1. The fraction of sp³-hybridized carbons (Fsp3) is 0.316. The summed E-state index contributed by atoms with van der Waals surface area (Å²) < 4.78 is 0. The molecule has 1 unspecified atom stereocenters. The third-order valence-corrected chi connectivity index (χ3v) is 4.10. The first kappa shape index (κ1) is 13.1. The van der Waals surface area contributed by atoms with E-state index >= 15 is 0 Å². The number of carbonyl (C=O) groups excluding carboxylic acids is 1. The van der Waals surface area contributed by atoms with Crippen molar-refractivity contribution >= 4 is 5.78 Å². The minimum atomic E-state index is 0.176. The van der Waals surface area contributed by atoms with Gasteiger partial charge in [-0.05, 0) is 35.4 Å². The average molecular weight is 264 g/mol. The number of rotatable bonds is 3. The summed E-state index contributed by atoms with van der Waals surface area (Å²) >= 11 is 0. The van der Waals surface area contributed by atoms with Gasteiger partial charge in [-0.3, -0.25) is 4.79 Å². The Kier molecular flexibility index (Phi) is 3.43. The summed E-state index contributed by atoms with van der Waals surface area (Å²) in [4.78, 5) is 12.5. The molecule has 0 fully saturated rings. The van der Waals surface area contributed by atoms with Crippen molar-refractivity contribution in [2.24, 2.45) is 11.8 Å². The van der Waals surface area contributed by atoms with Crippen molar-refractivity contribution in [3.63, 3.8) is 0 Å². The van der Waals surface area contributed by atoms with Crippen LogP contribution in [0.15, 0.2) is 48.5 Å². The van der Waals surface area contributed by atoms with Crippen molar-refractivity contribution in [1.29, 1.82) is 0 Å². The molecule has 0 radical (unpaired) electrons. The van der Waals surface area contributed by atoms with Crippen molar-refractivity contribution in [2.45, 2.75) is 26.7 Å². The molecule has 1 heteroatoms. The zero-order valence-electron chi connectivity index (χ0n) is 12.1. The van der Waals surface area contributed by atoms with Crippen molar-refractivity contribution < 1.29 is 4.79 Å². The van der Waals surface area contributed by atoms with Crippen LogP contribution in [0.2, 0.25) is 0 Å². The van der Waals surface area contributed by atoms with Crippen LogP contribution in [0.25, 0.3) is 11.1 Å². The van der Waals surface area contributed by atoms with Gasteiger partial charge in [0.1, 0.15) is 0 Å². The maximum Gasteiger partial charge on any atom is 0.166 e. The summed E-state index contributed by atoms with van der Waals surface area (Å²) in [6.45, 7) is 4.38. The number of hydrogen-bond donors (Lipinski definition) is 0. The molecule has 0 saturated carbocycles. The van der Waals surface area contributed by atoms with Crippen LogP contribution in [0, 0.1) is 11.8 Å². The summed E-state index contributed by atoms with van der Waals surface area (Å²) in [6, 6.07) is 16.5. The summed E-state index contributed by atoms with van der Waals surface area (Å²) in [6.07, 6.45) is 1.89. The van der Waals surface area contributed by atoms with Crippen molar-refractivity contribution in [3.8, 4) is 11.1 Å². The van der Waals surface area contributed by atoms with Gasteiger partial charge in [-0.25, -0.2) is 0 Å². The van der Waals surface area contributed by atoms with E-state index in [0.717, 1.165) is 18.4 Å². The van der Waals surface area contributed by atoms with Crippen LogP contribution in [0.4, 0.5) is 0 Å². The van der Waals surface area contributed by atoms with Gasteiger partial charge in [0.25, 0.3) is 0 Å². The molecule has 0 spiro atoms. The molecule has 0 aromatic heterocycles. The molecule has 20 heavy (non-hydrogen) atoms. The molecule has 0 amide bonds. The molecule has 102 valence electrons. The zero-order valence-corrected chi connectivity index (χ0v) is 12.1. The summed E-state index contributed by atoms with van der Waals surface area (Å²) in [5, 5.41) is 0. The van der Waals surface area contributed by atoms with Gasteiger partial charge in [0, 0.05) is 11.5 Å². The maximum absolute atomic E-state index is 12.5. The maximum atomic E-state index is 12.5. The minimum Gasteiger partial charge on any atom is -0.294 e. The lowest BCUT2D eigenvalue weighted by Gasteiger charge is -2.10. The van der Waals surface area contributed by atoms with Crippen LogP contribution in [-0.4, -0.2) is 5.78 Å². The predicted molar refractivity (Wildman–Crippen MR) is 82.9 cm³/mol. The summed E-state index contributed by atoms with van der Waals surface area (Å²) in [5.74, 6) is 1.08. The van der Waals surface area contributed by atoms with Crippen LogP contribution < -0.4 is 0 Å². The standard InChI is InChI=1S/C19H20O/c1-13(2)11-15-12-18-16(14-7-4-3-5-8-14)9-6-10-17(18)19(15)20/h3-10,13,15H,11-12H2,1-2H3. The van der Waals surface area contributed by atoms with Gasteiger partial charge in [0.15, 0.2) is 5.78 Å². The van der Waals surface area contributed by atoms with E-state index in [4.69, 9.17) is 0 Å². The predicted octanol–water partition coefficient (Wildman–Crippen LogP) is 4.75. The number of ketones is 1. The SMILES string of the molecule is CC(C)CC1Cc2c(cccc2-c2ccccc2)C1=O. The van der Waals surface area contributed by atoms with Gasteiger partial charge in [-0.2, -0.15) is 0 Å². The first-order valence-corrected chi connectivity index (χ1v) is 7.38. The second kappa shape index (κ2) is 5.24. The lowest BCUT2D eigenvalue weighted by Crippen LogP contribution is -2.11. The van der Waals surface area contributed by atoms with Crippen LogP contribution in [0.3, 0.4) is 0 Å². The first-order chi connectivity index (χ1) is 9.66. The van der Waals surface area contributed by atoms with E-state index in [-0.39, 0.29) is 5.92 Å². The van der Waals surface area contributed by atoms with Crippen molar-refractivity contribution in [3.05, 3.63) is 59.7 Å². The number of Topliss-reactive ketones (excluding diaryl/α,β-unsaturated/α-hetero) is 1. The lowest BCUT2D eigenvalue weighted by atomic mass is 9.93. The third-order valence-electron chi connectivity index (χ3n) is 4.10. The Balaban J connectivity index is 2.02. The summed E-state index contributed by atoms with van der Waals surface area (Å²) in [7, 11) is 0. The molecule has 0 bridgehead atoms. The first-order valence-electron chi connectivity index (χ1n) is 7.38. The molecule has 1 nitrogen and oxygen atoms in total. The molecule has 2 aromatic carbocycles. The second-order valence-corrected chi connectivity index (χ2v) is 6.09. The Morgan fingerprint density at radius 1 is 1.00 bits per heavy atom. The molecule has 0 saturated heterocycles. The van der Waals surface area contributed by atoms with Crippen LogP contribution in [0.1, 0.15) is 36.2 Å². The Bertz CT molecular complexity index is 625. The number of hydrogen-bond acceptors (Lipinski definition) is 1. The Hall–Kier alpha value is -1.89. The number of fused-ring (bicyclic) bond motifs is 1. The van der Waals surface area contributed by atoms with Gasteiger partial charge in [-0.1, -0.05) is 62.4 Å². The van der Waals surface area contributed by atoms with Gasteiger partial charge in [-0.15, -0.1) is 0 Å². The van der Waals surface area contributed by atoms with Gasteiger partial charge >= 0.3 is 0 Å². The molecule has 2 aromatic rings. The smallest absolute Gasteiger partial charge is 0.166 e. The third kappa shape index (κ3) is 2.29. The molecular weight excluding hydrogens is 244 g/mol. The van der Waals surface area contributed by atoms with Gasteiger partial charge in [0.05, 0.1) is 0 Å². The van der Waals surface area contributed by atoms with Crippen molar-refractivity contribution in [2.75, 3.05) is 0 Å². The monoisotopic (exact) mass is 264 g/mol. The van der Waals surface area contributed by atoms with E-state index in [0.29, 0.717) is 11.7 Å². The fourth-order valence-corrected chi connectivity index (χ4v) is 3.24. The average Bonchev–Trinajstić information content (AvgIpc) is 2.76. The topological polar surface area (TPSA) is 17.1 Å². The number of benzene rings is 2. The molecule has 0 aliphatic heterocycles. The van der Waals surface area contributed by atoms with Crippen molar-refractivity contribution in [1.82, 2.24) is 0 Å². The Labute approximate surface area is 120 Å². The lowest BCUT2D eigenvalue weighted by molar-refractivity contribution is 0.0922. The highest BCUT2D eigenvalue weighted by molar-refractivity contribution is 6.04. The quantitative estimate of drug-likeness (QED) is 0.781. The van der Waals surface area contributed by atoms with Gasteiger partial charge in [0.2, 0.25) is 0 Å². The molecular formula is C19H20O. The van der Waals surface area contributed by atoms with E-state index in [1.54, 1.807) is 0 Å². The molecule has 1 atom stereocenters. The second-order valence-electron chi connectivity index (χ2n) is 6.09. The molecule has 1 aliphatic rings. The fourth-order valence-electron chi connectivity index (χ4n) is 3.24.